The van der Waals surface area contributed by atoms with Crippen molar-refractivity contribution in [2.75, 3.05) is 19.6 Å². The number of likely N-dealkylation sites (tertiary alicyclic amines) is 1. The van der Waals surface area contributed by atoms with Gasteiger partial charge in [-0.2, -0.15) is 0 Å². The van der Waals surface area contributed by atoms with Crippen molar-refractivity contribution in [3.8, 4) is 0 Å². The molecular weight excluding hydrogens is 330 g/mol. The molecule has 0 saturated carbocycles. The third-order valence-electron chi connectivity index (χ3n) is 6.23. The summed E-state index contributed by atoms with van der Waals surface area (Å²) in [5, 5.41) is 3.13. The molecule has 1 N–H and O–H groups in total. The van der Waals surface area contributed by atoms with E-state index < -0.39 is 0 Å². The van der Waals surface area contributed by atoms with Crippen LogP contribution in [0.15, 0.2) is 22.8 Å². The summed E-state index contributed by atoms with van der Waals surface area (Å²) >= 11 is 0. The van der Waals surface area contributed by atoms with Gasteiger partial charge in [-0.3, -0.25) is 14.5 Å². The Balaban J connectivity index is 1.35. The second kappa shape index (κ2) is 7.82. The fraction of sp³-hybridized carbons (Fsp3) is 0.700. The second-order valence-corrected chi connectivity index (χ2v) is 7.97. The first-order valence-electron chi connectivity index (χ1n) is 10.1. The van der Waals surface area contributed by atoms with Crippen LogP contribution in [0.2, 0.25) is 0 Å². The van der Waals surface area contributed by atoms with Crippen LogP contribution in [-0.4, -0.2) is 59.4 Å². The van der Waals surface area contributed by atoms with Crippen molar-refractivity contribution in [1.82, 2.24) is 15.1 Å². The van der Waals surface area contributed by atoms with E-state index in [1.54, 1.807) is 12.1 Å². The maximum Gasteiger partial charge on any atom is 0.287 e. The Morgan fingerprint density at radius 3 is 2.46 bits per heavy atom. The van der Waals surface area contributed by atoms with Crippen molar-refractivity contribution >= 4 is 11.8 Å². The molecule has 6 nitrogen and oxygen atoms in total. The largest absolute Gasteiger partial charge is 0.459 e. The van der Waals surface area contributed by atoms with Gasteiger partial charge < -0.3 is 14.6 Å². The van der Waals surface area contributed by atoms with Crippen molar-refractivity contribution < 1.29 is 14.0 Å². The Morgan fingerprint density at radius 2 is 1.81 bits per heavy atom. The first kappa shape index (κ1) is 17.6. The normalized spacial score (nSPS) is 29.4. The van der Waals surface area contributed by atoms with Gasteiger partial charge in [-0.1, -0.05) is 6.42 Å². The molecule has 0 aliphatic carbocycles. The van der Waals surface area contributed by atoms with Gasteiger partial charge in [0.1, 0.15) is 0 Å². The highest BCUT2D eigenvalue weighted by Gasteiger charge is 2.40. The molecule has 3 aliphatic heterocycles. The average molecular weight is 359 g/mol. The van der Waals surface area contributed by atoms with Crippen LogP contribution >= 0.6 is 0 Å². The van der Waals surface area contributed by atoms with Gasteiger partial charge in [-0.25, -0.2) is 0 Å². The van der Waals surface area contributed by atoms with Gasteiger partial charge in [0.25, 0.3) is 5.91 Å². The summed E-state index contributed by atoms with van der Waals surface area (Å²) in [6.45, 7) is 2.39. The Labute approximate surface area is 154 Å². The number of furan rings is 1. The van der Waals surface area contributed by atoms with Gasteiger partial charge in [0, 0.05) is 31.2 Å². The van der Waals surface area contributed by atoms with Crippen LogP contribution in [0.25, 0.3) is 0 Å². The molecule has 1 aromatic heterocycles. The number of piperidine rings is 3. The SMILES string of the molecule is O=C(NC1C[C@H]2CCC[C@H](C1)N2CC(=O)N1CCCCC1)c1ccco1. The highest BCUT2D eigenvalue weighted by atomic mass is 16.3. The minimum atomic E-state index is -0.129. The quantitative estimate of drug-likeness (QED) is 0.897. The fourth-order valence-corrected chi connectivity index (χ4v) is 4.92. The minimum absolute atomic E-state index is 0.129. The Kier molecular flexibility index (Phi) is 5.29. The lowest BCUT2D eigenvalue weighted by Crippen LogP contribution is -2.59. The minimum Gasteiger partial charge on any atom is -0.459 e. The van der Waals surface area contributed by atoms with Gasteiger partial charge >= 0.3 is 0 Å². The number of hydrogen-bond acceptors (Lipinski definition) is 4. The first-order chi connectivity index (χ1) is 12.7. The molecule has 0 unspecified atom stereocenters. The summed E-state index contributed by atoms with van der Waals surface area (Å²) in [6, 6.07) is 4.40. The molecule has 0 spiro atoms. The lowest BCUT2D eigenvalue weighted by Gasteiger charge is -2.49. The van der Waals surface area contributed by atoms with Crippen molar-refractivity contribution in [1.29, 1.82) is 0 Å². The fourth-order valence-electron chi connectivity index (χ4n) is 4.92. The van der Waals surface area contributed by atoms with Gasteiger partial charge in [-0.05, 0) is 57.1 Å². The number of fused-ring (bicyclic) bond motifs is 2. The van der Waals surface area contributed by atoms with E-state index in [1.165, 1.54) is 19.1 Å². The van der Waals surface area contributed by atoms with Crippen LogP contribution in [0.5, 0.6) is 0 Å². The molecule has 0 aromatic carbocycles. The summed E-state index contributed by atoms with van der Waals surface area (Å²) in [7, 11) is 0. The summed E-state index contributed by atoms with van der Waals surface area (Å²) in [4.78, 5) is 29.5. The Hall–Kier alpha value is -1.82. The van der Waals surface area contributed by atoms with E-state index in [2.05, 4.69) is 10.2 Å². The van der Waals surface area contributed by atoms with Gasteiger partial charge in [0.05, 0.1) is 12.8 Å². The van der Waals surface area contributed by atoms with E-state index in [0.717, 1.165) is 51.6 Å². The topological polar surface area (TPSA) is 65.8 Å². The predicted octanol–water partition coefficient (Wildman–Crippen LogP) is 2.41. The van der Waals surface area contributed by atoms with Gasteiger partial charge in [0.15, 0.2) is 5.76 Å². The van der Waals surface area contributed by atoms with E-state index in [9.17, 15) is 9.59 Å². The van der Waals surface area contributed by atoms with E-state index in [-0.39, 0.29) is 11.9 Å². The van der Waals surface area contributed by atoms with Crippen molar-refractivity contribution in [2.24, 2.45) is 0 Å². The molecule has 3 aliphatic rings. The van der Waals surface area contributed by atoms with E-state index in [0.29, 0.717) is 30.3 Å². The van der Waals surface area contributed by atoms with Crippen LogP contribution in [-0.2, 0) is 4.79 Å². The number of nitrogens with one attached hydrogen (secondary N) is 1. The number of carbonyl (C=O) groups is 2. The predicted molar refractivity (Wildman–Crippen MR) is 97.8 cm³/mol. The van der Waals surface area contributed by atoms with Crippen molar-refractivity contribution in [3.63, 3.8) is 0 Å². The van der Waals surface area contributed by atoms with E-state index in [1.807, 2.05) is 4.90 Å². The molecule has 3 saturated heterocycles. The molecule has 6 heteroatoms. The zero-order valence-electron chi connectivity index (χ0n) is 15.4. The van der Waals surface area contributed by atoms with Crippen LogP contribution in [0.1, 0.15) is 61.9 Å². The lowest BCUT2D eigenvalue weighted by molar-refractivity contribution is -0.136. The molecule has 26 heavy (non-hydrogen) atoms. The number of nitrogens with zero attached hydrogens (tertiary/aromatic N) is 2. The molecule has 4 rings (SSSR count). The van der Waals surface area contributed by atoms with Gasteiger partial charge in [-0.15, -0.1) is 0 Å². The van der Waals surface area contributed by atoms with E-state index in [4.69, 9.17) is 4.42 Å². The maximum atomic E-state index is 12.7. The molecular formula is C20H29N3O3. The van der Waals surface area contributed by atoms with Crippen LogP contribution in [0, 0.1) is 0 Å². The summed E-state index contributed by atoms with van der Waals surface area (Å²) in [5.41, 5.74) is 0. The maximum absolute atomic E-state index is 12.7. The van der Waals surface area contributed by atoms with E-state index >= 15 is 0 Å². The summed E-state index contributed by atoms with van der Waals surface area (Å²) < 4.78 is 5.20. The van der Waals surface area contributed by atoms with Crippen LogP contribution in [0.4, 0.5) is 0 Å². The second-order valence-electron chi connectivity index (χ2n) is 7.97. The molecule has 142 valence electrons. The average Bonchev–Trinajstić information content (AvgIpc) is 3.18. The zero-order valence-corrected chi connectivity index (χ0v) is 15.4. The lowest BCUT2D eigenvalue weighted by atomic mass is 9.81. The van der Waals surface area contributed by atoms with Gasteiger partial charge in [0.2, 0.25) is 5.91 Å². The highest BCUT2D eigenvalue weighted by molar-refractivity contribution is 5.91. The first-order valence-corrected chi connectivity index (χ1v) is 10.1. The monoisotopic (exact) mass is 359 g/mol. The highest BCUT2D eigenvalue weighted by Crippen LogP contribution is 2.34. The zero-order chi connectivity index (χ0) is 17.9. The third kappa shape index (κ3) is 3.80. The van der Waals surface area contributed by atoms with Crippen molar-refractivity contribution in [2.45, 2.75) is 69.5 Å². The molecule has 2 amide bonds. The number of hydrogen-bond donors (Lipinski definition) is 1. The molecule has 2 bridgehead atoms. The Bertz CT molecular complexity index is 610. The summed E-state index contributed by atoms with van der Waals surface area (Å²) in [6.07, 6.45) is 10.4. The smallest absolute Gasteiger partial charge is 0.287 e. The Morgan fingerprint density at radius 1 is 1.08 bits per heavy atom. The number of carbonyl (C=O) groups excluding carboxylic acids is 2. The molecule has 2 atom stereocenters. The number of amides is 2. The molecule has 1 aromatic rings. The standard InChI is InChI=1S/C20H29N3O3/c24-19(22-9-2-1-3-10-22)14-23-16-6-4-7-17(23)13-15(12-16)21-20(25)18-8-5-11-26-18/h5,8,11,15-17H,1-4,6-7,9-10,12-14H2,(H,21,25)/t16-,17-/m1/s1. The third-order valence-corrected chi connectivity index (χ3v) is 6.23. The molecule has 4 heterocycles. The van der Waals surface area contributed by atoms with Crippen LogP contribution in [0.3, 0.4) is 0 Å². The van der Waals surface area contributed by atoms with Crippen LogP contribution < -0.4 is 5.32 Å². The molecule has 0 radical (unpaired) electrons. The van der Waals surface area contributed by atoms with Crippen molar-refractivity contribution in [3.05, 3.63) is 24.2 Å². The summed E-state index contributed by atoms with van der Waals surface area (Å²) in [5.74, 6) is 0.536. The molecule has 3 fully saturated rings. The number of rotatable bonds is 4.